The topological polar surface area (TPSA) is 74.8 Å². The molecule has 1 fully saturated rings. The predicted molar refractivity (Wildman–Crippen MR) is 94.0 cm³/mol. The Morgan fingerprint density at radius 3 is 2.92 bits per heavy atom. The Labute approximate surface area is 139 Å². The second-order valence-corrected chi connectivity index (χ2v) is 6.36. The van der Waals surface area contributed by atoms with Crippen LogP contribution in [0.25, 0.3) is 22.3 Å². The number of nitrogens with zero attached hydrogens (tertiary/aromatic N) is 4. The van der Waals surface area contributed by atoms with Crippen LogP contribution in [0.15, 0.2) is 41.5 Å². The van der Waals surface area contributed by atoms with Gasteiger partial charge in [0.15, 0.2) is 5.65 Å². The quantitative estimate of drug-likeness (QED) is 0.785. The van der Waals surface area contributed by atoms with Crippen LogP contribution in [-0.2, 0) is 0 Å². The third-order valence-electron chi connectivity index (χ3n) is 4.49. The van der Waals surface area contributed by atoms with E-state index >= 15 is 0 Å². The first-order valence-electron chi connectivity index (χ1n) is 8.28. The highest BCUT2D eigenvalue weighted by molar-refractivity contribution is 5.90. The number of piperidine rings is 1. The van der Waals surface area contributed by atoms with Crippen molar-refractivity contribution in [2.45, 2.75) is 19.8 Å². The normalized spacial score (nSPS) is 18.0. The summed E-state index contributed by atoms with van der Waals surface area (Å²) in [5, 5.41) is 0.491. The fourth-order valence-corrected chi connectivity index (χ4v) is 3.32. The smallest absolute Gasteiger partial charge is 0.262 e. The first-order chi connectivity index (χ1) is 11.7. The van der Waals surface area contributed by atoms with E-state index in [0.29, 0.717) is 22.9 Å². The zero-order chi connectivity index (χ0) is 16.5. The van der Waals surface area contributed by atoms with Crippen LogP contribution in [-0.4, -0.2) is 33.0 Å². The van der Waals surface area contributed by atoms with Crippen molar-refractivity contribution in [1.29, 1.82) is 0 Å². The van der Waals surface area contributed by atoms with Crippen LogP contribution < -0.4 is 10.5 Å². The van der Waals surface area contributed by atoms with Gasteiger partial charge in [0.05, 0.1) is 11.1 Å². The fourth-order valence-electron chi connectivity index (χ4n) is 3.32. The van der Waals surface area contributed by atoms with E-state index in [1.165, 1.54) is 6.42 Å². The Morgan fingerprint density at radius 2 is 2.12 bits per heavy atom. The molecule has 1 saturated heterocycles. The lowest BCUT2D eigenvalue weighted by Crippen LogP contribution is -2.36. The molecule has 0 bridgehead atoms. The number of nitrogens with one attached hydrogen (secondary N) is 1. The van der Waals surface area contributed by atoms with Crippen LogP contribution in [0.3, 0.4) is 0 Å². The monoisotopic (exact) mass is 321 g/mol. The van der Waals surface area contributed by atoms with E-state index in [4.69, 9.17) is 0 Å². The Morgan fingerprint density at radius 1 is 1.21 bits per heavy atom. The summed E-state index contributed by atoms with van der Waals surface area (Å²) in [5.41, 5.74) is 1.81. The Kier molecular flexibility index (Phi) is 3.72. The van der Waals surface area contributed by atoms with Crippen molar-refractivity contribution in [3.63, 3.8) is 0 Å². The van der Waals surface area contributed by atoms with Crippen LogP contribution >= 0.6 is 0 Å². The largest absolute Gasteiger partial charge is 0.342 e. The van der Waals surface area contributed by atoms with Crippen molar-refractivity contribution in [1.82, 2.24) is 19.9 Å². The van der Waals surface area contributed by atoms with E-state index in [0.717, 1.165) is 30.8 Å². The van der Waals surface area contributed by atoms with Gasteiger partial charge in [-0.2, -0.15) is 4.98 Å². The summed E-state index contributed by atoms with van der Waals surface area (Å²) in [6.07, 6.45) is 5.73. The third-order valence-corrected chi connectivity index (χ3v) is 4.49. The van der Waals surface area contributed by atoms with Crippen LogP contribution in [0.1, 0.15) is 19.8 Å². The summed E-state index contributed by atoms with van der Waals surface area (Å²) in [4.78, 5) is 31.1. The lowest BCUT2D eigenvalue weighted by molar-refractivity contribution is 0.442. The van der Waals surface area contributed by atoms with Gasteiger partial charge in [-0.05, 0) is 37.0 Å². The highest BCUT2D eigenvalue weighted by Gasteiger charge is 2.20. The van der Waals surface area contributed by atoms with Crippen molar-refractivity contribution < 1.29 is 0 Å². The van der Waals surface area contributed by atoms with Gasteiger partial charge in [0.1, 0.15) is 0 Å². The zero-order valence-electron chi connectivity index (χ0n) is 13.6. The van der Waals surface area contributed by atoms with Crippen LogP contribution in [0, 0.1) is 5.92 Å². The van der Waals surface area contributed by atoms with E-state index in [-0.39, 0.29) is 5.56 Å². The number of rotatable bonds is 2. The predicted octanol–water partition coefficient (Wildman–Crippen LogP) is 2.62. The molecule has 4 rings (SSSR count). The average molecular weight is 321 g/mol. The Balaban J connectivity index is 1.84. The van der Waals surface area contributed by atoms with Crippen molar-refractivity contribution in [3.05, 3.63) is 47.0 Å². The second kappa shape index (κ2) is 6.03. The SMILES string of the molecule is CC1CCCN(c2nc3nccc(-c4ccccn4)c3c(=O)[nH]2)C1. The molecule has 3 aromatic rings. The number of aromatic amines is 1. The van der Waals surface area contributed by atoms with Gasteiger partial charge in [-0.15, -0.1) is 0 Å². The molecule has 0 aromatic carbocycles. The van der Waals surface area contributed by atoms with Gasteiger partial charge in [0.2, 0.25) is 5.95 Å². The summed E-state index contributed by atoms with van der Waals surface area (Å²) in [5.74, 6) is 1.22. The molecule has 1 unspecified atom stereocenters. The van der Waals surface area contributed by atoms with Crippen molar-refractivity contribution in [2.24, 2.45) is 5.92 Å². The highest BCUT2D eigenvalue weighted by atomic mass is 16.1. The number of hydrogen-bond donors (Lipinski definition) is 1. The number of H-pyrrole nitrogens is 1. The van der Waals surface area contributed by atoms with Gasteiger partial charge in [0.25, 0.3) is 5.56 Å². The lowest BCUT2D eigenvalue weighted by atomic mass is 10.0. The number of aromatic nitrogens is 4. The molecule has 6 heteroatoms. The molecule has 4 heterocycles. The van der Waals surface area contributed by atoms with Crippen LogP contribution in [0.2, 0.25) is 0 Å². The molecule has 3 aromatic heterocycles. The fraction of sp³-hybridized carbons (Fsp3) is 0.333. The summed E-state index contributed by atoms with van der Waals surface area (Å²) >= 11 is 0. The van der Waals surface area contributed by atoms with Gasteiger partial charge in [-0.1, -0.05) is 13.0 Å². The molecule has 1 aliphatic rings. The van der Waals surface area contributed by atoms with Gasteiger partial charge in [0, 0.05) is 31.0 Å². The first kappa shape index (κ1) is 14.8. The highest BCUT2D eigenvalue weighted by Crippen LogP contribution is 2.24. The molecule has 1 N–H and O–H groups in total. The number of fused-ring (bicyclic) bond motifs is 1. The van der Waals surface area contributed by atoms with E-state index in [2.05, 4.69) is 31.8 Å². The molecule has 122 valence electrons. The summed E-state index contributed by atoms with van der Waals surface area (Å²) < 4.78 is 0. The molecule has 24 heavy (non-hydrogen) atoms. The molecule has 1 aliphatic heterocycles. The maximum absolute atomic E-state index is 12.7. The Bertz CT molecular complexity index is 922. The molecule has 0 radical (unpaired) electrons. The van der Waals surface area contributed by atoms with E-state index in [9.17, 15) is 4.79 Å². The standard InChI is InChI=1S/C18H19N5O/c1-12-5-4-10-23(11-12)18-21-16-15(17(24)22-18)13(7-9-20-16)14-6-2-3-8-19-14/h2-3,6-9,12H,4-5,10-11H2,1H3,(H,20,21,22,24). The van der Waals surface area contributed by atoms with E-state index < -0.39 is 0 Å². The van der Waals surface area contributed by atoms with E-state index in [1.54, 1.807) is 12.4 Å². The molecule has 0 spiro atoms. The summed E-state index contributed by atoms with van der Waals surface area (Å²) in [6, 6.07) is 7.45. The van der Waals surface area contributed by atoms with Gasteiger partial charge < -0.3 is 4.90 Å². The maximum atomic E-state index is 12.7. The minimum Gasteiger partial charge on any atom is -0.342 e. The van der Waals surface area contributed by atoms with Crippen molar-refractivity contribution in [2.75, 3.05) is 18.0 Å². The van der Waals surface area contributed by atoms with Gasteiger partial charge >= 0.3 is 0 Å². The number of anilines is 1. The molecular formula is C18H19N5O. The van der Waals surface area contributed by atoms with Gasteiger partial charge in [-0.3, -0.25) is 14.8 Å². The average Bonchev–Trinajstić information content (AvgIpc) is 2.62. The number of hydrogen-bond acceptors (Lipinski definition) is 5. The lowest BCUT2D eigenvalue weighted by Gasteiger charge is -2.31. The second-order valence-electron chi connectivity index (χ2n) is 6.36. The maximum Gasteiger partial charge on any atom is 0.262 e. The van der Waals surface area contributed by atoms with Crippen LogP contribution in [0.5, 0.6) is 0 Å². The first-order valence-corrected chi connectivity index (χ1v) is 8.28. The molecule has 0 aliphatic carbocycles. The third kappa shape index (κ3) is 2.64. The minimum atomic E-state index is -0.165. The van der Waals surface area contributed by atoms with E-state index in [1.807, 2.05) is 24.3 Å². The van der Waals surface area contributed by atoms with Crippen molar-refractivity contribution >= 4 is 17.0 Å². The summed E-state index contributed by atoms with van der Waals surface area (Å²) in [6.45, 7) is 4.05. The minimum absolute atomic E-state index is 0.165. The molecule has 1 atom stereocenters. The number of pyridine rings is 2. The molecule has 0 saturated carbocycles. The molecule has 0 amide bonds. The van der Waals surface area contributed by atoms with Crippen LogP contribution in [0.4, 0.5) is 5.95 Å². The molecular weight excluding hydrogens is 302 g/mol. The molecule has 6 nitrogen and oxygen atoms in total. The Hall–Kier alpha value is -2.76. The zero-order valence-corrected chi connectivity index (χ0v) is 13.6. The van der Waals surface area contributed by atoms with Crippen molar-refractivity contribution in [3.8, 4) is 11.3 Å². The van der Waals surface area contributed by atoms with Gasteiger partial charge in [-0.25, -0.2) is 4.98 Å². The summed E-state index contributed by atoms with van der Waals surface area (Å²) in [7, 11) is 0.